The molecular weight excluding hydrogens is 543 g/mol. The van der Waals surface area contributed by atoms with E-state index in [-0.39, 0.29) is 26.9 Å². The highest BCUT2D eigenvalue weighted by atomic mass is 35.5. The SMILES string of the molecule is CC.CC.CC.COc1cnn(C)c(=O)c1-c1ccc(/C=C(/NC(=O)C2=C(Cl)CCC=C2Cl)C(=O)NO)cc1. The van der Waals surface area contributed by atoms with Crippen LogP contribution in [0, 0.1) is 0 Å². The quantitative estimate of drug-likeness (QED) is 0.222. The molecule has 1 heterocycles. The molecule has 0 spiro atoms. The van der Waals surface area contributed by atoms with E-state index < -0.39 is 11.8 Å². The Morgan fingerprint density at radius 2 is 1.67 bits per heavy atom. The number of hydrogen-bond donors (Lipinski definition) is 3. The van der Waals surface area contributed by atoms with Crippen molar-refractivity contribution in [2.45, 2.75) is 54.4 Å². The summed E-state index contributed by atoms with van der Waals surface area (Å²) in [5.74, 6) is -1.31. The van der Waals surface area contributed by atoms with Crippen molar-refractivity contribution in [1.29, 1.82) is 0 Å². The fraction of sp³-hybridized carbons (Fsp3) is 0.357. The smallest absolute Gasteiger partial charge is 0.291 e. The lowest BCUT2D eigenvalue weighted by Crippen LogP contribution is -2.34. The summed E-state index contributed by atoms with van der Waals surface area (Å²) in [6.07, 6.45) is 5.50. The first kappa shape index (κ1) is 35.6. The second-order valence-corrected chi connectivity index (χ2v) is 7.83. The Morgan fingerprint density at radius 1 is 1.08 bits per heavy atom. The molecule has 214 valence electrons. The summed E-state index contributed by atoms with van der Waals surface area (Å²) in [7, 11) is 2.97. The Bertz CT molecular complexity index is 1250. The third kappa shape index (κ3) is 9.69. The van der Waals surface area contributed by atoms with Crippen LogP contribution in [0.15, 0.2) is 62.7 Å². The van der Waals surface area contributed by atoms with Crippen LogP contribution < -0.4 is 21.1 Å². The second kappa shape index (κ2) is 18.8. The number of methoxy groups -OCH3 is 1. The summed E-state index contributed by atoms with van der Waals surface area (Å²) in [6, 6.07) is 6.57. The molecule has 1 aliphatic carbocycles. The summed E-state index contributed by atoms with van der Waals surface area (Å²) in [5, 5.41) is 15.9. The van der Waals surface area contributed by atoms with Gasteiger partial charge in [-0.15, -0.1) is 0 Å². The van der Waals surface area contributed by atoms with Crippen molar-refractivity contribution < 1.29 is 19.5 Å². The molecule has 0 aliphatic heterocycles. The van der Waals surface area contributed by atoms with Crippen LogP contribution in [-0.4, -0.2) is 33.9 Å². The maximum atomic E-state index is 12.7. The zero-order valence-electron chi connectivity index (χ0n) is 23.7. The number of amides is 2. The van der Waals surface area contributed by atoms with Gasteiger partial charge < -0.3 is 10.1 Å². The van der Waals surface area contributed by atoms with Crippen LogP contribution in [0.25, 0.3) is 17.2 Å². The van der Waals surface area contributed by atoms with E-state index in [0.29, 0.717) is 35.3 Å². The number of ether oxygens (including phenoxy) is 1. The summed E-state index contributed by atoms with van der Waals surface area (Å²) in [4.78, 5) is 37.3. The van der Waals surface area contributed by atoms with Gasteiger partial charge in [-0.05, 0) is 30.0 Å². The first-order valence-electron chi connectivity index (χ1n) is 12.7. The van der Waals surface area contributed by atoms with E-state index in [2.05, 4.69) is 10.4 Å². The summed E-state index contributed by atoms with van der Waals surface area (Å²) in [6.45, 7) is 12.0. The first-order valence-corrected chi connectivity index (χ1v) is 13.4. The fourth-order valence-electron chi connectivity index (χ4n) is 3.17. The molecule has 3 N–H and O–H groups in total. The van der Waals surface area contributed by atoms with E-state index in [1.54, 1.807) is 30.3 Å². The number of nitrogens with one attached hydrogen (secondary N) is 2. The molecule has 39 heavy (non-hydrogen) atoms. The van der Waals surface area contributed by atoms with Gasteiger partial charge in [-0.2, -0.15) is 5.10 Å². The number of benzene rings is 1. The molecule has 0 fully saturated rings. The highest BCUT2D eigenvalue weighted by Crippen LogP contribution is 2.30. The van der Waals surface area contributed by atoms with Crippen LogP contribution in [-0.2, 0) is 16.6 Å². The monoisotopic (exact) mass is 580 g/mol. The normalized spacial score (nSPS) is 12.3. The van der Waals surface area contributed by atoms with E-state index in [9.17, 15) is 14.4 Å². The fourth-order valence-corrected chi connectivity index (χ4v) is 3.83. The van der Waals surface area contributed by atoms with E-state index in [0.717, 1.165) is 0 Å². The molecule has 11 heteroatoms. The van der Waals surface area contributed by atoms with Crippen LogP contribution in [0.1, 0.15) is 59.9 Å². The number of aromatic nitrogens is 2. The van der Waals surface area contributed by atoms with Crippen molar-refractivity contribution >= 4 is 41.1 Å². The molecule has 2 aromatic rings. The Labute approximate surface area is 240 Å². The molecule has 1 aromatic heterocycles. The van der Waals surface area contributed by atoms with E-state index >= 15 is 0 Å². The lowest BCUT2D eigenvalue weighted by atomic mass is 10.0. The van der Waals surface area contributed by atoms with Gasteiger partial charge in [-0.25, -0.2) is 10.2 Å². The Hall–Kier alpha value is -3.40. The van der Waals surface area contributed by atoms with Gasteiger partial charge in [0.15, 0.2) is 5.75 Å². The van der Waals surface area contributed by atoms with Crippen LogP contribution in [0.4, 0.5) is 0 Å². The minimum absolute atomic E-state index is 0.0669. The number of hydrogen-bond acceptors (Lipinski definition) is 6. The highest BCUT2D eigenvalue weighted by Gasteiger charge is 2.23. The van der Waals surface area contributed by atoms with Gasteiger partial charge in [0.1, 0.15) is 5.70 Å². The van der Waals surface area contributed by atoms with Crippen LogP contribution in [0.2, 0.25) is 0 Å². The van der Waals surface area contributed by atoms with Gasteiger partial charge >= 0.3 is 0 Å². The maximum Gasteiger partial charge on any atom is 0.291 e. The predicted molar refractivity (Wildman–Crippen MR) is 158 cm³/mol. The number of halogens is 2. The molecule has 0 saturated carbocycles. The largest absolute Gasteiger partial charge is 0.494 e. The van der Waals surface area contributed by atoms with Gasteiger partial charge in [0.05, 0.1) is 29.5 Å². The number of allylic oxidation sites excluding steroid dienone is 2. The molecule has 2 amide bonds. The Morgan fingerprint density at radius 3 is 2.18 bits per heavy atom. The van der Waals surface area contributed by atoms with Crippen molar-refractivity contribution in [2.75, 3.05) is 7.11 Å². The zero-order valence-corrected chi connectivity index (χ0v) is 25.2. The molecule has 9 nitrogen and oxygen atoms in total. The third-order valence-electron chi connectivity index (χ3n) is 4.85. The van der Waals surface area contributed by atoms with Crippen molar-refractivity contribution in [3.8, 4) is 16.9 Å². The van der Waals surface area contributed by atoms with Gasteiger partial charge in [0.2, 0.25) is 0 Å². The molecule has 3 rings (SSSR count). The van der Waals surface area contributed by atoms with Crippen molar-refractivity contribution in [1.82, 2.24) is 20.6 Å². The van der Waals surface area contributed by atoms with Crippen molar-refractivity contribution in [2.24, 2.45) is 7.05 Å². The average Bonchev–Trinajstić information content (AvgIpc) is 2.97. The van der Waals surface area contributed by atoms with E-state index in [1.807, 2.05) is 41.5 Å². The average molecular weight is 582 g/mol. The van der Waals surface area contributed by atoms with Crippen molar-refractivity contribution in [3.05, 3.63) is 73.8 Å². The van der Waals surface area contributed by atoms with Gasteiger partial charge in [0, 0.05) is 12.1 Å². The second-order valence-electron chi connectivity index (χ2n) is 6.96. The molecule has 1 aliphatic rings. The van der Waals surface area contributed by atoms with Gasteiger partial charge in [0.25, 0.3) is 17.4 Å². The summed E-state index contributed by atoms with van der Waals surface area (Å²) < 4.78 is 6.44. The number of hydroxylamine groups is 1. The number of carbonyl (C=O) groups excluding carboxylic acids is 2. The molecule has 1 aromatic carbocycles. The highest BCUT2D eigenvalue weighted by molar-refractivity contribution is 6.40. The lowest BCUT2D eigenvalue weighted by Gasteiger charge is -2.15. The predicted octanol–water partition coefficient (Wildman–Crippen LogP) is 5.91. The molecular formula is C28H38Cl2N4O5. The first-order chi connectivity index (χ1) is 18.8. The summed E-state index contributed by atoms with van der Waals surface area (Å²) in [5.41, 5.74) is 2.39. The number of nitrogens with zero attached hydrogens (tertiary/aromatic N) is 2. The van der Waals surface area contributed by atoms with Gasteiger partial charge in [-0.3, -0.25) is 19.6 Å². The zero-order chi connectivity index (χ0) is 30.1. The minimum Gasteiger partial charge on any atom is -0.494 e. The lowest BCUT2D eigenvalue weighted by molar-refractivity contribution is -0.127. The third-order valence-corrected chi connectivity index (χ3v) is 5.57. The summed E-state index contributed by atoms with van der Waals surface area (Å²) >= 11 is 12.2. The van der Waals surface area contributed by atoms with E-state index in [4.69, 9.17) is 33.1 Å². The molecule has 0 bridgehead atoms. The van der Waals surface area contributed by atoms with Crippen molar-refractivity contribution in [3.63, 3.8) is 0 Å². The molecule has 0 unspecified atom stereocenters. The maximum absolute atomic E-state index is 12.7. The topological polar surface area (TPSA) is 123 Å². The number of carbonyl (C=O) groups is 2. The van der Waals surface area contributed by atoms with Crippen LogP contribution >= 0.6 is 23.2 Å². The number of aryl methyl sites for hydroxylation is 1. The Balaban J connectivity index is 0.00000225. The van der Waals surface area contributed by atoms with E-state index in [1.165, 1.54) is 36.6 Å². The molecule has 0 radical (unpaired) electrons. The molecule has 0 atom stereocenters. The van der Waals surface area contributed by atoms with Crippen LogP contribution in [0.3, 0.4) is 0 Å². The van der Waals surface area contributed by atoms with Gasteiger partial charge in [-0.1, -0.05) is 95.1 Å². The standard InChI is InChI=1S/C22H20Cl2N4O5.3C2H6/c1-28-22(31)18(17(33-2)11-25-28)13-8-6-12(7-9-13)10-16(20(29)27-32)26-21(30)19-14(23)4-3-5-15(19)24;3*1-2/h4,6-11,32H,3,5H2,1-2H3,(H,26,30)(H,27,29);3*1-2H3/b16-10+;;;. The Kier molecular flexibility index (Phi) is 17.1. The number of rotatable bonds is 6. The van der Waals surface area contributed by atoms with Crippen LogP contribution in [0.5, 0.6) is 5.75 Å². The molecule has 0 saturated heterocycles. The minimum atomic E-state index is -0.940.